The molecule has 1 saturated carbocycles. The first-order valence-electron chi connectivity index (χ1n) is 6.06. The molecule has 1 aromatic rings. The maximum Gasteiger partial charge on any atom is 0.266 e. The second-order valence-electron chi connectivity index (χ2n) is 4.91. The minimum atomic E-state index is 0.0958. The fraction of sp³-hybridized carbons (Fsp3) is 0.750. The van der Waals surface area contributed by atoms with Gasteiger partial charge in [0.1, 0.15) is 0 Å². The highest BCUT2D eigenvalue weighted by molar-refractivity contribution is 5.09. The summed E-state index contributed by atoms with van der Waals surface area (Å²) in [7, 11) is 3.78. The summed E-state index contributed by atoms with van der Waals surface area (Å²) in [4.78, 5) is 11.5. The van der Waals surface area contributed by atoms with E-state index in [1.54, 1.807) is 10.7 Å². The zero-order valence-corrected chi connectivity index (χ0v) is 10.1. The van der Waals surface area contributed by atoms with Gasteiger partial charge in [-0.15, -0.1) is 0 Å². The zero-order valence-electron chi connectivity index (χ0n) is 10.1. The van der Waals surface area contributed by atoms with Crippen LogP contribution in [-0.4, -0.2) is 15.9 Å². The van der Waals surface area contributed by atoms with Gasteiger partial charge in [-0.3, -0.25) is 14.2 Å². The van der Waals surface area contributed by atoms with E-state index in [1.807, 2.05) is 18.8 Å². The molecule has 16 heavy (non-hydrogen) atoms. The van der Waals surface area contributed by atoms with Gasteiger partial charge in [-0.25, -0.2) is 0 Å². The Morgan fingerprint density at radius 3 is 2.31 bits per heavy atom. The average molecular weight is 223 g/mol. The van der Waals surface area contributed by atoms with Crippen LogP contribution >= 0.6 is 0 Å². The molecule has 0 saturated heterocycles. The summed E-state index contributed by atoms with van der Waals surface area (Å²) in [5, 5.41) is 0. The molecule has 90 valence electrons. The maximum atomic E-state index is 11.5. The molecule has 0 atom stereocenters. The molecule has 1 aromatic heterocycles. The van der Waals surface area contributed by atoms with Gasteiger partial charge >= 0.3 is 0 Å². The van der Waals surface area contributed by atoms with Gasteiger partial charge in [-0.05, 0) is 38.1 Å². The Balaban J connectivity index is 2.14. The number of aromatic nitrogens is 2. The molecule has 1 fully saturated rings. The summed E-state index contributed by atoms with van der Waals surface area (Å²) in [5.74, 6) is 1.23. The number of hydrogen-bond donors (Lipinski definition) is 1. The third kappa shape index (κ3) is 1.94. The van der Waals surface area contributed by atoms with E-state index in [4.69, 9.17) is 5.73 Å². The summed E-state index contributed by atoms with van der Waals surface area (Å²) in [5.41, 5.74) is 6.97. The highest BCUT2D eigenvalue weighted by Crippen LogP contribution is 2.34. The Kier molecular flexibility index (Phi) is 3.19. The number of nitrogens with two attached hydrogens (primary N) is 1. The number of rotatable bonds is 2. The summed E-state index contributed by atoms with van der Waals surface area (Å²) >= 11 is 0. The van der Waals surface area contributed by atoms with Crippen molar-refractivity contribution in [3.05, 3.63) is 22.1 Å². The molecule has 0 aromatic carbocycles. The molecule has 2 N–H and O–H groups in total. The highest BCUT2D eigenvalue weighted by atomic mass is 16.1. The van der Waals surface area contributed by atoms with E-state index in [0.29, 0.717) is 11.8 Å². The van der Waals surface area contributed by atoms with Crippen molar-refractivity contribution in [3.63, 3.8) is 0 Å². The van der Waals surface area contributed by atoms with Crippen molar-refractivity contribution in [2.45, 2.75) is 31.6 Å². The summed E-state index contributed by atoms with van der Waals surface area (Å²) in [6, 6.07) is 1.79. The molecule has 0 unspecified atom stereocenters. The van der Waals surface area contributed by atoms with Crippen LogP contribution in [0.4, 0.5) is 0 Å². The van der Waals surface area contributed by atoms with Crippen LogP contribution in [0.25, 0.3) is 0 Å². The van der Waals surface area contributed by atoms with Crippen LogP contribution in [0.1, 0.15) is 37.3 Å². The predicted octanol–water partition coefficient (Wildman–Crippen LogP) is 0.956. The van der Waals surface area contributed by atoms with Crippen molar-refractivity contribution in [1.82, 2.24) is 9.36 Å². The van der Waals surface area contributed by atoms with Crippen molar-refractivity contribution in [3.8, 4) is 0 Å². The van der Waals surface area contributed by atoms with Crippen LogP contribution < -0.4 is 11.3 Å². The van der Waals surface area contributed by atoms with Crippen LogP contribution in [-0.2, 0) is 14.1 Å². The van der Waals surface area contributed by atoms with Crippen molar-refractivity contribution < 1.29 is 0 Å². The minimum Gasteiger partial charge on any atom is -0.330 e. The van der Waals surface area contributed by atoms with Gasteiger partial charge < -0.3 is 5.73 Å². The molecular formula is C12H21N3O. The number of hydrogen-bond acceptors (Lipinski definition) is 2. The Bertz CT molecular complexity index is 410. The van der Waals surface area contributed by atoms with Gasteiger partial charge in [0.2, 0.25) is 0 Å². The number of nitrogens with zero attached hydrogens (tertiary/aromatic N) is 2. The lowest BCUT2D eigenvalue weighted by atomic mass is 9.80. The van der Waals surface area contributed by atoms with Crippen LogP contribution in [0.3, 0.4) is 0 Å². The second-order valence-corrected chi connectivity index (χ2v) is 4.91. The smallest absolute Gasteiger partial charge is 0.266 e. The topological polar surface area (TPSA) is 52.9 Å². The quantitative estimate of drug-likeness (QED) is 0.811. The third-order valence-corrected chi connectivity index (χ3v) is 4.01. The van der Waals surface area contributed by atoms with Crippen molar-refractivity contribution in [2.75, 3.05) is 6.54 Å². The lowest BCUT2D eigenvalue weighted by Crippen LogP contribution is -2.22. The molecule has 0 aliphatic heterocycles. The average Bonchev–Trinajstić information content (AvgIpc) is 2.57. The molecule has 0 spiro atoms. The van der Waals surface area contributed by atoms with Crippen LogP contribution in [0, 0.1) is 5.92 Å². The van der Waals surface area contributed by atoms with Gasteiger partial charge in [-0.1, -0.05) is 0 Å². The van der Waals surface area contributed by atoms with E-state index >= 15 is 0 Å². The Hall–Kier alpha value is -1.03. The predicted molar refractivity (Wildman–Crippen MR) is 64.4 cm³/mol. The standard InChI is InChI=1S/C12H21N3O/c1-14-11(7-12(16)15(14)2)10-5-3-9(8-13)4-6-10/h7,9-10H,3-6,8,13H2,1-2H3. The molecule has 1 aliphatic rings. The zero-order chi connectivity index (χ0) is 11.7. The molecule has 4 nitrogen and oxygen atoms in total. The third-order valence-electron chi connectivity index (χ3n) is 4.01. The van der Waals surface area contributed by atoms with Gasteiger partial charge in [0.25, 0.3) is 5.56 Å². The normalized spacial score (nSPS) is 25.9. The summed E-state index contributed by atoms with van der Waals surface area (Å²) in [6.07, 6.45) is 4.73. The molecule has 4 heteroatoms. The fourth-order valence-corrected chi connectivity index (χ4v) is 2.71. The molecule has 0 radical (unpaired) electrons. The first-order chi connectivity index (χ1) is 7.63. The van der Waals surface area contributed by atoms with Crippen molar-refractivity contribution in [2.24, 2.45) is 25.7 Å². The van der Waals surface area contributed by atoms with Crippen molar-refractivity contribution in [1.29, 1.82) is 0 Å². The second kappa shape index (κ2) is 4.45. The Labute approximate surface area is 96.0 Å². The van der Waals surface area contributed by atoms with E-state index in [0.717, 1.165) is 6.54 Å². The fourth-order valence-electron chi connectivity index (χ4n) is 2.71. The van der Waals surface area contributed by atoms with Gasteiger partial charge in [-0.2, -0.15) is 0 Å². The summed E-state index contributed by atoms with van der Waals surface area (Å²) in [6.45, 7) is 0.806. The molecule has 2 rings (SSSR count). The Morgan fingerprint density at radius 2 is 1.88 bits per heavy atom. The minimum absolute atomic E-state index is 0.0958. The maximum absolute atomic E-state index is 11.5. The van der Waals surface area contributed by atoms with E-state index in [-0.39, 0.29) is 5.56 Å². The van der Waals surface area contributed by atoms with Crippen LogP contribution in [0.15, 0.2) is 10.9 Å². The van der Waals surface area contributed by atoms with Crippen LogP contribution in [0.5, 0.6) is 0 Å². The van der Waals surface area contributed by atoms with E-state index in [2.05, 4.69) is 0 Å². The van der Waals surface area contributed by atoms with E-state index in [9.17, 15) is 4.79 Å². The van der Waals surface area contributed by atoms with Gasteiger partial charge in [0.05, 0.1) is 0 Å². The Morgan fingerprint density at radius 1 is 1.25 bits per heavy atom. The highest BCUT2D eigenvalue weighted by Gasteiger charge is 2.24. The monoisotopic (exact) mass is 223 g/mol. The molecular weight excluding hydrogens is 202 g/mol. The molecule has 1 heterocycles. The SMILES string of the molecule is Cn1c(C2CCC(CN)CC2)cc(=O)n1C. The van der Waals surface area contributed by atoms with Gasteiger partial charge in [0.15, 0.2) is 0 Å². The van der Waals surface area contributed by atoms with Crippen LogP contribution in [0.2, 0.25) is 0 Å². The first kappa shape index (κ1) is 11.5. The van der Waals surface area contributed by atoms with E-state index < -0.39 is 0 Å². The first-order valence-corrected chi connectivity index (χ1v) is 6.06. The van der Waals surface area contributed by atoms with Gasteiger partial charge in [0, 0.05) is 31.8 Å². The molecule has 0 amide bonds. The lowest BCUT2D eigenvalue weighted by Gasteiger charge is -2.27. The lowest BCUT2D eigenvalue weighted by molar-refractivity contribution is 0.321. The molecule has 1 aliphatic carbocycles. The van der Waals surface area contributed by atoms with Crippen molar-refractivity contribution >= 4 is 0 Å². The largest absolute Gasteiger partial charge is 0.330 e. The molecule has 0 bridgehead atoms. The van der Waals surface area contributed by atoms with E-state index in [1.165, 1.54) is 31.4 Å². The summed E-state index contributed by atoms with van der Waals surface area (Å²) < 4.78 is 3.65.